The van der Waals surface area contributed by atoms with Crippen LogP contribution in [0.1, 0.15) is 6.92 Å². The summed E-state index contributed by atoms with van der Waals surface area (Å²) in [6.07, 6.45) is 0. The zero-order valence-corrected chi connectivity index (χ0v) is 6.96. The molecule has 0 aromatic rings. The van der Waals surface area contributed by atoms with Crippen molar-refractivity contribution in [3.63, 3.8) is 0 Å². The fourth-order valence-electron chi connectivity index (χ4n) is 0.427. The molecule has 0 saturated heterocycles. The van der Waals surface area contributed by atoms with Gasteiger partial charge in [-0.2, -0.15) is 5.26 Å². The molecule has 0 saturated carbocycles. The minimum atomic E-state index is -0.0162. The molecule has 1 unspecified atom stereocenters. The van der Waals surface area contributed by atoms with Gasteiger partial charge < -0.3 is 4.74 Å². The molecule has 11 heavy (non-hydrogen) atoms. The van der Waals surface area contributed by atoms with Gasteiger partial charge in [-0.15, -0.1) is 0 Å². The topological polar surface area (TPSA) is 54.3 Å². The standard InChI is InChI=1S/C7H14N2O2/c1-7(5-8)6-9-11-4-3-10-2/h7,9H,3-4,6H2,1-2H3. The van der Waals surface area contributed by atoms with Crippen molar-refractivity contribution in [3.05, 3.63) is 0 Å². The number of nitrogens with one attached hydrogen (secondary N) is 1. The van der Waals surface area contributed by atoms with E-state index in [1.807, 2.05) is 6.92 Å². The number of nitriles is 1. The van der Waals surface area contributed by atoms with E-state index in [9.17, 15) is 0 Å². The van der Waals surface area contributed by atoms with Gasteiger partial charge in [0.1, 0.15) is 0 Å². The average molecular weight is 158 g/mol. The second-order valence-electron chi connectivity index (χ2n) is 2.22. The lowest BCUT2D eigenvalue weighted by molar-refractivity contribution is 0.00421. The Hall–Kier alpha value is -0.630. The number of ether oxygens (including phenoxy) is 1. The Labute approximate surface area is 67.1 Å². The Kier molecular flexibility index (Phi) is 7.05. The molecule has 0 radical (unpaired) electrons. The van der Waals surface area contributed by atoms with Crippen LogP contribution < -0.4 is 5.48 Å². The molecular formula is C7H14N2O2. The molecular weight excluding hydrogens is 144 g/mol. The Morgan fingerprint density at radius 3 is 2.82 bits per heavy atom. The van der Waals surface area contributed by atoms with E-state index >= 15 is 0 Å². The summed E-state index contributed by atoms with van der Waals surface area (Å²) in [5, 5.41) is 8.37. The highest BCUT2D eigenvalue weighted by molar-refractivity contribution is 4.78. The van der Waals surface area contributed by atoms with Gasteiger partial charge in [-0.25, -0.2) is 5.48 Å². The summed E-state index contributed by atoms with van der Waals surface area (Å²) >= 11 is 0. The Morgan fingerprint density at radius 2 is 2.27 bits per heavy atom. The number of hydroxylamine groups is 1. The van der Waals surface area contributed by atoms with E-state index in [0.29, 0.717) is 19.8 Å². The molecule has 0 spiro atoms. The van der Waals surface area contributed by atoms with Crippen molar-refractivity contribution in [3.8, 4) is 6.07 Å². The van der Waals surface area contributed by atoms with Crippen LogP contribution in [0.3, 0.4) is 0 Å². The molecule has 0 bridgehead atoms. The molecule has 0 aliphatic heterocycles. The zero-order chi connectivity index (χ0) is 8.53. The minimum Gasteiger partial charge on any atom is -0.382 e. The summed E-state index contributed by atoms with van der Waals surface area (Å²) < 4.78 is 4.75. The molecule has 1 atom stereocenters. The van der Waals surface area contributed by atoms with Crippen LogP contribution in [-0.4, -0.2) is 26.9 Å². The molecule has 0 aromatic heterocycles. The third-order valence-corrected chi connectivity index (χ3v) is 1.10. The van der Waals surface area contributed by atoms with E-state index < -0.39 is 0 Å². The van der Waals surface area contributed by atoms with Gasteiger partial charge in [-0.05, 0) is 6.92 Å². The van der Waals surface area contributed by atoms with Crippen molar-refractivity contribution in [1.82, 2.24) is 5.48 Å². The maximum atomic E-state index is 8.37. The smallest absolute Gasteiger partial charge is 0.0915 e. The van der Waals surface area contributed by atoms with E-state index in [4.69, 9.17) is 14.8 Å². The lowest BCUT2D eigenvalue weighted by Crippen LogP contribution is -2.22. The summed E-state index contributed by atoms with van der Waals surface area (Å²) in [6.45, 7) is 3.45. The van der Waals surface area contributed by atoms with Gasteiger partial charge >= 0.3 is 0 Å². The summed E-state index contributed by atoms with van der Waals surface area (Å²) in [4.78, 5) is 4.92. The Morgan fingerprint density at radius 1 is 1.55 bits per heavy atom. The summed E-state index contributed by atoms with van der Waals surface area (Å²) in [5.74, 6) is -0.0162. The van der Waals surface area contributed by atoms with E-state index in [0.717, 1.165) is 0 Å². The summed E-state index contributed by atoms with van der Waals surface area (Å²) in [5.41, 5.74) is 2.67. The second-order valence-corrected chi connectivity index (χ2v) is 2.22. The predicted molar refractivity (Wildman–Crippen MR) is 40.6 cm³/mol. The lowest BCUT2D eigenvalue weighted by atomic mass is 10.2. The van der Waals surface area contributed by atoms with Crippen LogP contribution >= 0.6 is 0 Å². The van der Waals surface area contributed by atoms with Crippen LogP contribution in [0.4, 0.5) is 0 Å². The summed E-state index contributed by atoms with van der Waals surface area (Å²) in [6, 6.07) is 2.08. The molecule has 0 aliphatic rings. The maximum Gasteiger partial charge on any atom is 0.0915 e. The monoisotopic (exact) mass is 158 g/mol. The van der Waals surface area contributed by atoms with Gasteiger partial charge in [0.15, 0.2) is 0 Å². The molecule has 0 amide bonds. The number of nitrogens with zero attached hydrogens (tertiary/aromatic N) is 1. The Balaban J connectivity index is 2.97. The van der Waals surface area contributed by atoms with Crippen LogP contribution in [-0.2, 0) is 9.57 Å². The van der Waals surface area contributed by atoms with Crippen molar-refractivity contribution in [2.75, 3.05) is 26.9 Å². The van der Waals surface area contributed by atoms with E-state index in [-0.39, 0.29) is 5.92 Å². The van der Waals surface area contributed by atoms with Crippen LogP contribution in [0, 0.1) is 17.2 Å². The lowest BCUT2D eigenvalue weighted by Gasteiger charge is -2.05. The van der Waals surface area contributed by atoms with Crippen molar-refractivity contribution >= 4 is 0 Å². The third kappa shape index (κ3) is 7.26. The quantitative estimate of drug-likeness (QED) is 0.446. The van der Waals surface area contributed by atoms with Crippen molar-refractivity contribution in [1.29, 1.82) is 5.26 Å². The molecule has 4 heteroatoms. The normalized spacial score (nSPS) is 12.5. The summed E-state index contributed by atoms with van der Waals surface area (Å²) in [7, 11) is 1.61. The van der Waals surface area contributed by atoms with Crippen LogP contribution in [0.25, 0.3) is 0 Å². The number of methoxy groups -OCH3 is 1. The van der Waals surface area contributed by atoms with Gasteiger partial charge in [-0.1, -0.05) is 0 Å². The van der Waals surface area contributed by atoms with E-state index in [2.05, 4.69) is 11.5 Å². The van der Waals surface area contributed by atoms with E-state index in [1.54, 1.807) is 7.11 Å². The molecule has 0 rings (SSSR count). The van der Waals surface area contributed by atoms with Gasteiger partial charge in [0.25, 0.3) is 0 Å². The maximum absolute atomic E-state index is 8.37. The highest BCUT2D eigenvalue weighted by Crippen LogP contribution is 1.86. The molecule has 0 fully saturated rings. The number of hydrogen-bond donors (Lipinski definition) is 1. The largest absolute Gasteiger partial charge is 0.382 e. The van der Waals surface area contributed by atoms with Crippen molar-refractivity contribution < 1.29 is 9.57 Å². The minimum absolute atomic E-state index is 0.0162. The highest BCUT2D eigenvalue weighted by atomic mass is 16.7. The van der Waals surface area contributed by atoms with Crippen molar-refractivity contribution in [2.24, 2.45) is 5.92 Å². The van der Waals surface area contributed by atoms with Crippen LogP contribution in [0.2, 0.25) is 0 Å². The molecule has 0 aliphatic carbocycles. The van der Waals surface area contributed by atoms with Crippen LogP contribution in [0.5, 0.6) is 0 Å². The SMILES string of the molecule is COCCONCC(C)C#N. The van der Waals surface area contributed by atoms with Gasteiger partial charge in [-0.3, -0.25) is 4.84 Å². The zero-order valence-electron chi connectivity index (χ0n) is 6.96. The average Bonchev–Trinajstić information content (AvgIpc) is 2.04. The molecule has 0 aromatic carbocycles. The second kappa shape index (κ2) is 7.48. The number of rotatable bonds is 6. The fourth-order valence-corrected chi connectivity index (χ4v) is 0.427. The first-order valence-corrected chi connectivity index (χ1v) is 3.54. The third-order valence-electron chi connectivity index (χ3n) is 1.10. The molecule has 0 heterocycles. The first-order chi connectivity index (χ1) is 5.31. The predicted octanol–water partition coefficient (Wildman–Crippen LogP) is 0.314. The molecule has 4 nitrogen and oxygen atoms in total. The van der Waals surface area contributed by atoms with Gasteiger partial charge in [0.2, 0.25) is 0 Å². The van der Waals surface area contributed by atoms with Gasteiger partial charge in [0, 0.05) is 13.7 Å². The van der Waals surface area contributed by atoms with Gasteiger partial charge in [0.05, 0.1) is 25.2 Å². The molecule has 64 valence electrons. The van der Waals surface area contributed by atoms with Crippen molar-refractivity contribution in [2.45, 2.75) is 6.92 Å². The fraction of sp³-hybridized carbons (Fsp3) is 0.857. The molecule has 1 N–H and O–H groups in total. The first kappa shape index (κ1) is 10.4. The highest BCUT2D eigenvalue weighted by Gasteiger charge is 1.96. The Bertz CT molecular complexity index is 122. The van der Waals surface area contributed by atoms with Crippen LogP contribution in [0.15, 0.2) is 0 Å². The van der Waals surface area contributed by atoms with E-state index in [1.165, 1.54) is 0 Å². The number of hydrogen-bond acceptors (Lipinski definition) is 4. The first-order valence-electron chi connectivity index (χ1n) is 3.54.